The summed E-state index contributed by atoms with van der Waals surface area (Å²) in [6, 6.07) is 2.13. The summed E-state index contributed by atoms with van der Waals surface area (Å²) in [7, 11) is 0. The van der Waals surface area contributed by atoms with Crippen LogP contribution in [0, 0.1) is 13.8 Å². The van der Waals surface area contributed by atoms with Crippen LogP contribution in [0.5, 0.6) is 0 Å². The van der Waals surface area contributed by atoms with Gasteiger partial charge in [-0.3, -0.25) is 4.79 Å². The lowest BCUT2D eigenvalue weighted by Gasteiger charge is -2.09. The van der Waals surface area contributed by atoms with Crippen molar-refractivity contribution >= 4 is 11.9 Å². The number of hydrogen-bond donors (Lipinski definition) is 2. The fourth-order valence-electron chi connectivity index (χ4n) is 1.65. The molecular weight excluding hydrogens is 228 g/mol. The van der Waals surface area contributed by atoms with Crippen molar-refractivity contribution in [2.24, 2.45) is 0 Å². The van der Waals surface area contributed by atoms with E-state index in [2.05, 4.69) is 20.6 Å². The maximum absolute atomic E-state index is 11.4. The van der Waals surface area contributed by atoms with Crippen molar-refractivity contribution in [1.29, 1.82) is 0 Å². The minimum atomic E-state index is 0.0909. The number of nitrogens with zero attached hydrogens (tertiary/aromatic N) is 2. The van der Waals surface area contributed by atoms with Gasteiger partial charge in [0.25, 0.3) is 0 Å². The highest BCUT2D eigenvalue weighted by atomic mass is 16.1. The van der Waals surface area contributed by atoms with Gasteiger partial charge in [-0.25, -0.2) is 9.97 Å². The average molecular weight is 250 g/mol. The first-order valence-corrected chi connectivity index (χ1v) is 6.33. The van der Waals surface area contributed by atoms with E-state index in [4.69, 9.17) is 0 Å². The van der Waals surface area contributed by atoms with Crippen LogP contribution >= 0.6 is 0 Å². The lowest BCUT2D eigenvalue weighted by atomic mass is 10.2. The van der Waals surface area contributed by atoms with Crippen molar-refractivity contribution in [3.05, 3.63) is 17.5 Å². The Kier molecular flexibility index (Phi) is 5.55. The van der Waals surface area contributed by atoms with Crippen LogP contribution in [-0.4, -0.2) is 28.5 Å². The molecule has 1 amide bonds. The van der Waals surface area contributed by atoms with E-state index in [0.717, 1.165) is 17.8 Å². The summed E-state index contributed by atoms with van der Waals surface area (Å²) in [5.41, 5.74) is 1.89. The topological polar surface area (TPSA) is 66.9 Å². The van der Waals surface area contributed by atoms with E-state index in [0.29, 0.717) is 18.9 Å². The highest BCUT2D eigenvalue weighted by Crippen LogP contribution is 2.03. The number of nitrogens with one attached hydrogen (secondary N) is 2. The van der Waals surface area contributed by atoms with Gasteiger partial charge in [0.2, 0.25) is 11.9 Å². The molecule has 2 N–H and O–H groups in total. The minimum absolute atomic E-state index is 0.0909. The van der Waals surface area contributed by atoms with Crippen LogP contribution in [0.25, 0.3) is 0 Å². The molecule has 1 heterocycles. The first-order valence-electron chi connectivity index (χ1n) is 6.33. The molecule has 0 aliphatic carbocycles. The van der Waals surface area contributed by atoms with Gasteiger partial charge in [0.05, 0.1) is 0 Å². The third-order valence-corrected chi connectivity index (χ3v) is 2.30. The number of aromatic nitrogens is 2. The first kappa shape index (κ1) is 14.4. The molecule has 5 nitrogen and oxygen atoms in total. The molecule has 0 radical (unpaired) electrons. The van der Waals surface area contributed by atoms with E-state index in [1.54, 1.807) is 0 Å². The largest absolute Gasteiger partial charge is 0.354 e. The van der Waals surface area contributed by atoms with E-state index >= 15 is 0 Å². The molecule has 0 saturated carbocycles. The van der Waals surface area contributed by atoms with Crippen LogP contribution in [0.15, 0.2) is 6.07 Å². The summed E-state index contributed by atoms with van der Waals surface area (Å²) in [4.78, 5) is 20.0. The summed E-state index contributed by atoms with van der Waals surface area (Å²) in [6.45, 7) is 8.50. The maximum atomic E-state index is 11.4. The first-order chi connectivity index (χ1) is 8.47. The van der Waals surface area contributed by atoms with Crippen LogP contribution in [0.2, 0.25) is 0 Å². The van der Waals surface area contributed by atoms with Gasteiger partial charge in [0.1, 0.15) is 0 Å². The standard InChI is InChI=1S/C13H22N4O/c1-9(2)15-12(18)6-5-7-14-13-16-10(3)8-11(4)17-13/h8-9H,5-7H2,1-4H3,(H,15,18)(H,14,16,17). The van der Waals surface area contributed by atoms with E-state index in [1.165, 1.54) is 0 Å². The van der Waals surface area contributed by atoms with Crippen molar-refractivity contribution in [3.63, 3.8) is 0 Å². The Labute approximate surface area is 108 Å². The maximum Gasteiger partial charge on any atom is 0.223 e. The van der Waals surface area contributed by atoms with Crippen LogP contribution in [0.4, 0.5) is 5.95 Å². The molecule has 0 aromatic carbocycles. The van der Waals surface area contributed by atoms with Gasteiger partial charge in [-0.2, -0.15) is 0 Å². The molecule has 100 valence electrons. The molecule has 0 bridgehead atoms. The van der Waals surface area contributed by atoms with Crippen molar-refractivity contribution in [2.75, 3.05) is 11.9 Å². The van der Waals surface area contributed by atoms with Gasteiger partial charge in [-0.1, -0.05) is 0 Å². The molecule has 0 atom stereocenters. The molecule has 0 spiro atoms. The second kappa shape index (κ2) is 6.93. The van der Waals surface area contributed by atoms with Crippen LogP contribution in [0.1, 0.15) is 38.1 Å². The monoisotopic (exact) mass is 250 g/mol. The molecule has 5 heteroatoms. The van der Waals surface area contributed by atoms with Crippen LogP contribution < -0.4 is 10.6 Å². The number of hydrogen-bond acceptors (Lipinski definition) is 4. The average Bonchev–Trinajstić information content (AvgIpc) is 2.22. The molecule has 1 aromatic rings. The number of anilines is 1. The zero-order valence-corrected chi connectivity index (χ0v) is 11.6. The summed E-state index contributed by atoms with van der Waals surface area (Å²) >= 11 is 0. The lowest BCUT2D eigenvalue weighted by Crippen LogP contribution is -2.30. The van der Waals surface area contributed by atoms with Gasteiger partial charge in [0.15, 0.2) is 0 Å². The zero-order chi connectivity index (χ0) is 13.5. The summed E-state index contributed by atoms with van der Waals surface area (Å²) in [5.74, 6) is 0.727. The number of carbonyl (C=O) groups is 1. The quantitative estimate of drug-likeness (QED) is 0.756. The fraction of sp³-hybridized carbons (Fsp3) is 0.615. The molecule has 0 aliphatic rings. The van der Waals surface area contributed by atoms with E-state index < -0.39 is 0 Å². The molecule has 0 fully saturated rings. The fourth-order valence-corrected chi connectivity index (χ4v) is 1.65. The molecule has 0 unspecified atom stereocenters. The predicted molar refractivity (Wildman–Crippen MR) is 72.5 cm³/mol. The highest BCUT2D eigenvalue weighted by Gasteiger charge is 2.03. The predicted octanol–water partition coefficient (Wildman–Crippen LogP) is 1.81. The summed E-state index contributed by atoms with van der Waals surface area (Å²) in [5, 5.41) is 5.99. The van der Waals surface area contributed by atoms with Gasteiger partial charge in [-0.05, 0) is 40.2 Å². The smallest absolute Gasteiger partial charge is 0.223 e. The minimum Gasteiger partial charge on any atom is -0.354 e. The number of amides is 1. The van der Waals surface area contributed by atoms with E-state index in [1.807, 2.05) is 33.8 Å². The second-order valence-electron chi connectivity index (χ2n) is 4.73. The Morgan fingerprint density at radius 2 is 1.89 bits per heavy atom. The number of rotatable bonds is 6. The highest BCUT2D eigenvalue weighted by molar-refractivity contribution is 5.76. The number of carbonyl (C=O) groups excluding carboxylic acids is 1. The molecular formula is C13H22N4O. The van der Waals surface area contributed by atoms with Crippen molar-refractivity contribution in [1.82, 2.24) is 15.3 Å². The molecule has 1 aromatic heterocycles. The van der Waals surface area contributed by atoms with E-state index in [9.17, 15) is 4.79 Å². The molecule has 0 aliphatic heterocycles. The molecule has 0 saturated heterocycles. The molecule has 1 rings (SSSR count). The van der Waals surface area contributed by atoms with Gasteiger partial charge in [0, 0.05) is 30.4 Å². The van der Waals surface area contributed by atoms with Crippen molar-refractivity contribution in [3.8, 4) is 0 Å². The Balaban J connectivity index is 2.27. The third kappa shape index (κ3) is 5.61. The van der Waals surface area contributed by atoms with E-state index in [-0.39, 0.29) is 11.9 Å². The zero-order valence-electron chi connectivity index (χ0n) is 11.6. The van der Waals surface area contributed by atoms with Gasteiger partial charge >= 0.3 is 0 Å². The summed E-state index contributed by atoms with van der Waals surface area (Å²) in [6.07, 6.45) is 1.30. The normalized spacial score (nSPS) is 10.5. The SMILES string of the molecule is Cc1cc(C)nc(NCCCC(=O)NC(C)C)n1. The van der Waals surface area contributed by atoms with Crippen molar-refractivity contribution < 1.29 is 4.79 Å². The van der Waals surface area contributed by atoms with Gasteiger partial charge in [-0.15, -0.1) is 0 Å². The Morgan fingerprint density at radius 3 is 2.44 bits per heavy atom. The van der Waals surface area contributed by atoms with Gasteiger partial charge < -0.3 is 10.6 Å². The second-order valence-corrected chi connectivity index (χ2v) is 4.73. The Morgan fingerprint density at radius 1 is 1.28 bits per heavy atom. The third-order valence-electron chi connectivity index (χ3n) is 2.30. The lowest BCUT2D eigenvalue weighted by molar-refractivity contribution is -0.121. The number of aryl methyl sites for hydroxylation is 2. The Hall–Kier alpha value is -1.65. The molecule has 18 heavy (non-hydrogen) atoms. The van der Waals surface area contributed by atoms with Crippen LogP contribution in [0.3, 0.4) is 0 Å². The van der Waals surface area contributed by atoms with Crippen LogP contribution in [-0.2, 0) is 4.79 Å². The summed E-state index contributed by atoms with van der Waals surface area (Å²) < 4.78 is 0. The van der Waals surface area contributed by atoms with Crippen molar-refractivity contribution in [2.45, 2.75) is 46.6 Å². The Bertz CT molecular complexity index is 384.